The van der Waals surface area contributed by atoms with Crippen molar-refractivity contribution in [2.24, 2.45) is 11.8 Å². The Hall–Kier alpha value is -0.0800. The average Bonchev–Trinajstić information content (AvgIpc) is 2.67. The van der Waals surface area contributed by atoms with E-state index in [0.717, 1.165) is 18.4 Å². The molecule has 1 N–H and O–H groups in total. The highest BCUT2D eigenvalue weighted by molar-refractivity contribution is 4.85. The summed E-state index contributed by atoms with van der Waals surface area (Å²) in [7, 11) is 2.07. The van der Waals surface area contributed by atoms with E-state index in [2.05, 4.69) is 33.1 Å². The Balaban J connectivity index is 2.47. The third-order valence-electron chi connectivity index (χ3n) is 3.95. The zero-order valence-electron chi connectivity index (χ0n) is 10.8. The van der Waals surface area contributed by atoms with Crippen molar-refractivity contribution in [2.75, 3.05) is 13.7 Å². The predicted molar refractivity (Wildman–Crippen MR) is 65.1 cm³/mol. The van der Waals surface area contributed by atoms with Gasteiger partial charge in [-0.05, 0) is 31.7 Å². The maximum absolute atomic E-state index is 5.85. The Morgan fingerprint density at radius 1 is 1.33 bits per heavy atom. The van der Waals surface area contributed by atoms with Crippen molar-refractivity contribution in [1.29, 1.82) is 0 Å². The molecule has 0 aromatic carbocycles. The second-order valence-electron chi connectivity index (χ2n) is 4.91. The normalized spacial score (nSPS) is 28.6. The third-order valence-corrected chi connectivity index (χ3v) is 3.95. The van der Waals surface area contributed by atoms with Gasteiger partial charge >= 0.3 is 0 Å². The van der Waals surface area contributed by atoms with Crippen LogP contribution in [0, 0.1) is 11.8 Å². The molecule has 0 aliphatic carbocycles. The number of ether oxygens (including phenoxy) is 1. The summed E-state index contributed by atoms with van der Waals surface area (Å²) in [6.45, 7) is 7.85. The van der Waals surface area contributed by atoms with Crippen LogP contribution in [0.5, 0.6) is 0 Å². The highest BCUT2D eigenvalue weighted by Crippen LogP contribution is 2.27. The molecule has 1 rings (SSSR count). The quantitative estimate of drug-likeness (QED) is 0.732. The van der Waals surface area contributed by atoms with Crippen LogP contribution in [0.1, 0.15) is 46.5 Å². The molecule has 0 saturated carbocycles. The van der Waals surface area contributed by atoms with E-state index < -0.39 is 0 Å². The van der Waals surface area contributed by atoms with Gasteiger partial charge in [-0.1, -0.05) is 33.6 Å². The van der Waals surface area contributed by atoms with E-state index in [9.17, 15) is 0 Å². The molecule has 2 nitrogen and oxygen atoms in total. The van der Waals surface area contributed by atoms with E-state index in [1.807, 2.05) is 0 Å². The first-order valence-corrected chi connectivity index (χ1v) is 6.51. The molecule has 1 saturated heterocycles. The summed E-state index contributed by atoms with van der Waals surface area (Å²) in [5, 5.41) is 3.45. The molecule has 0 radical (unpaired) electrons. The summed E-state index contributed by atoms with van der Waals surface area (Å²) < 4.78 is 5.85. The summed E-state index contributed by atoms with van der Waals surface area (Å²) in [5.74, 6) is 1.57. The molecule has 90 valence electrons. The minimum Gasteiger partial charge on any atom is -0.376 e. The first kappa shape index (κ1) is 13.0. The Bertz CT molecular complexity index is 168. The van der Waals surface area contributed by atoms with E-state index in [0.29, 0.717) is 12.1 Å². The fraction of sp³-hybridized carbons (Fsp3) is 1.00. The Morgan fingerprint density at radius 2 is 2.00 bits per heavy atom. The fourth-order valence-corrected chi connectivity index (χ4v) is 2.63. The van der Waals surface area contributed by atoms with Gasteiger partial charge in [0, 0.05) is 12.6 Å². The van der Waals surface area contributed by atoms with Gasteiger partial charge in [0.25, 0.3) is 0 Å². The van der Waals surface area contributed by atoms with Crippen LogP contribution in [0.2, 0.25) is 0 Å². The Labute approximate surface area is 94.8 Å². The maximum Gasteiger partial charge on any atom is 0.0754 e. The second-order valence-corrected chi connectivity index (χ2v) is 4.91. The summed E-state index contributed by atoms with van der Waals surface area (Å²) in [6.07, 6.45) is 5.51. The molecule has 0 bridgehead atoms. The number of rotatable bonds is 6. The van der Waals surface area contributed by atoms with Crippen LogP contribution in [0.4, 0.5) is 0 Å². The number of hydrogen-bond acceptors (Lipinski definition) is 2. The van der Waals surface area contributed by atoms with Gasteiger partial charge in [0.05, 0.1) is 6.10 Å². The van der Waals surface area contributed by atoms with Crippen LogP contribution in [0.15, 0.2) is 0 Å². The minimum atomic E-state index is 0.440. The van der Waals surface area contributed by atoms with Crippen LogP contribution in [-0.2, 0) is 4.74 Å². The maximum atomic E-state index is 5.85. The number of likely N-dealkylation sites (N-methyl/N-ethyl adjacent to an activating group) is 1. The summed E-state index contributed by atoms with van der Waals surface area (Å²) in [6, 6.07) is 0.549. The molecule has 0 amide bonds. The largest absolute Gasteiger partial charge is 0.376 e. The van der Waals surface area contributed by atoms with Gasteiger partial charge in [0.15, 0.2) is 0 Å². The van der Waals surface area contributed by atoms with Crippen molar-refractivity contribution in [2.45, 2.75) is 58.6 Å². The third kappa shape index (κ3) is 3.46. The van der Waals surface area contributed by atoms with Gasteiger partial charge in [-0.2, -0.15) is 0 Å². The first-order valence-electron chi connectivity index (χ1n) is 6.51. The lowest BCUT2D eigenvalue weighted by atomic mass is 9.88. The van der Waals surface area contributed by atoms with E-state index in [-0.39, 0.29) is 0 Å². The lowest BCUT2D eigenvalue weighted by Crippen LogP contribution is -2.41. The molecule has 1 heterocycles. The first-order chi connectivity index (χ1) is 7.22. The van der Waals surface area contributed by atoms with Gasteiger partial charge in [0.1, 0.15) is 0 Å². The van der Waals surface area contributed by atoms with Crippen molar-refractivity contribution in [3.8, 4) is 0 Å². The molecular weight excluding hydrogens is 186 g/mol. The topological polar surface area (TPSA) is 21.3 Å². The molecule has 3 unspecified atom stereocenters. The highest BCUT2D eigenvalue weighted by atomic mass is 16.5. The van der Waals surface area contributed by atoms with Gasteiger partial charge in [-0.3, -0.25) is 0 Å². The SMILES string of the molecule is CCC(CC)CC(NC)C1OCCC1C. The van der Waals surface area contributed by atoms with Crippen molar-refractivity contribution >= 4 is 0 Å². The van der Waals surface area contributed by atoms with Crippen molar-refractivity contribution in [3.05, 3.63) is 0 Å². The van der Waals surface area contributed by atoms with Crippen LogP contribution in [0.25, 0.3) is 0 Å². The van der Waals surface area contributed by atoms with E-state index in [1.54, 1.807) is 0 Å². The Morgan fingerprint density at radius 3 is 2.40 bits per heavy atom. The molecule has 0 aromatic rings. The van der Waals surface area contributed by atoms with E-state index in [4.69, 9.17) is 4.74 Å². The smallest absolute Gasteiger partial charge is 0.0754 e. The zero-order valence-corrected chi connectivity index (χ0v) is 10.8. The van der Waals surface area contributed by atoms with Crippen molar-refractivity contribution in [1.82, 2.24) is 5.32 Å². The van der Waals surface area contributed by atoms with Gasteiger partial charge < -0.3 is 10.1 Å². The van der Waals surface area contributed by atoms with Gasteiger partial charge in [-0.15, -0.1) is 0 Å². The fourth-order valence-electron chi connectivity index (χ4n) is 2.63. The standard InChI is InChI=1S/C13H27NO/c1-5-11(6-2)9-12(14-4)13-10(3)7-8-15-13/h10-14H,5-9H2,1-4H3. The molecule has 1 fully saturated rings. The molecule has 1 aliphatic rings. The van der Waals surface area contributed by atoms with Crippen molar-refractivity contribution in [3.63, 3.8) is 0 Å². The summed E-state index contributed by atoms with van der Waals surface area (Å²) >= 11 is 0. The van der Waals surface area contributed by atoms with Gasteiger partial charge in [-0.25, -0.2) is 0 Å². The van der Waals surface area contributed by atoms with Crippen molar-refractivity contribution < 1.29 is 4.74 Å². The molecule has 1 aliphatic heterocycles. The zero-order chi connectivity index (χ0) is 11.3. The number of nitrogens with one attached hydrogen (secondary N) is 1. The van der Waals surface area contributed by atoms with Gasteiger partial charge in [0.2, 0.25) is 0 Å². The second kappa shape index (κ2) is 6.49. The average molecular weight is 213 g/mol. The summed E-state index contributed by atoms with van der Waals surface area (Å²) in [5.41, 5.74) is 0. The highest BCUT2D eigenvalue weighted by Gasteiger charge is 2.31. The van der Waals surface area contributed by atoms with Crippen LogP contribution < -0.4 is 5.32 Å². The molecule has 0 aromatic heterocycles. The van der Waals surface area contributed by atoms with Crippen LogP contribution in [0.3, 0.4) is 0 Å². The molecule has 3 atom stereocenters. The Kier molecular flexibility index (Phi) is 5.62. The van der Waals surface area contributed by atoms with Crippen LogP contribution in [-0.4, -0.2) is 25.8 Å². The lowest BCUT2D eigenvalue weighted by Gasteiger charge is -2.28. The molecule has 2 heteroatoms. The summed E-state index contributed by atoms with van der Waals surface area (Å²) in [4.78, 5) is 0. The van der Waals surface area contributed by atoms with Crippen LogP contribution >= 0.6 is 0 Å². The lowest BCUT2D eigenvalue weighted by molar-refractivity contribution is 0.0547. The molecular formula is C13H27NO. The number of hydrogen-bond donors (Lipinski definition) is 1. The minimum absolute atomic E-state index is 0.440. The molecule has 0 spiro atoms. The monoisotopic (exact) mass is 213 g/mol. The van der Waals surface area contributed by atoms with E-state index >= 15 is 0 Å². The predicted octanol–water partition coefficient (Wildman–Crippen LogP) is 2.83. The molecule has 15 heavy (non-hydrogen) atoms. The van der Waals surface area contributed by atoms with E-state index in [1.165, 1.54) is 25.7 Å².